The summed E-state index contributed by atoms with van der Waals surface area (Å²) in [6.07, 6.45) is 1.41. The number of furan rings is 1. The van der Waals surface area contributed by atoms with Crippen molar-refractivity contribution < 1.29 is 23.5 Å². The second-order valence-corrected chi connectivity index (χ2v) is 6.07. The molecule has 2 amide bonds. The number of methoxy groups -OCH3 is 1. The number of halogens is 1. The Labute approximate surface area is 166 Å². The molecule has 3 rings (SSSR count). The van der Waals surface area contributed by atoms with Crippen LogP contribution in [0.3, 0.4) is 0 Å². The van der Waals surface area contributed by atoms with Gasteiger partial charge in [0, 0.05) is 10.7 Å². The maximum atomic E-state index is 12.2. The fourth-order valence-corrected chi connectivity index (χ4v) is 2.48. The van der Waals surface area contributed by atoms with Crippen LogP contribution in [-0.2, 0) is 4.79 Å². The van der Waals surface area contributed by atoms with Gasteiger partial charge in [0.2, 0.25) is 0 Å². The van der Waals surface area contributed by atoms with Crippen LogP contribution in [-0.4, -0.2) is 25.5 Å². The maximum Gasteiger partial charge on any atom is 0.291 e. The minimum absolute atomic E-state index is 0.160. The topological polar surface area (TPSA) is 89.8 Å². The van der Waals surface area contributed by atoms with Crippen LogP contribution in [0.15, 0.2) is 65.3 Å². The predicted molar refractivity (Wildman–Crippen MR) is 105 cm³/mol. The summed E-state index contributed by atoms with van der Waals surface area (Å²) in [6.45, 7) is -0.179. The molecule has 0 aliphatic heterocycles. The average Bonchev–Trinajstić information content (AvgIpc) is 3.23. The lowest BCUT2D eigenvalue weighted by Gasteiger charge is -2.12. The van der Waals surface area contributed by atoms with Gasteiger partial charge in [-0.05, 0) is 54.6 Å². The first-order valence-corrected chi connectivity index (χ1v) is 8.64. The van der Waals surface area contributed by atoms with Crippen LogP contribution in [0.4, 0.5) is 11.4 Å². The summed E-state index contributed by atoms with van der Waals surface area (Å²) in [4.78, 5) is 24.3. The molecule has 3 aromatic rings. The summed E-state index contributed by atoms with van der Waals surface area (Å²) >= 11 is 5.81. The lowest BCUT2D eigenvalue weighted by atomic mass is 10.2. The number of ether oxygens (including phenoxy) is 2. The van der Waals surface area contributed by atoms with Crippen molar-refractivity contribution in [3.63, 3.8) is 0 Å². The molecule has 1 aromatic heterocycles. The molecule has 0 saturated heterocycles. The molecule has 0 radical (unpaired) electrons. The van der Waals surface area contributed by atoms with Gasteiger partial charge in [0.25, 0.3) is 11.8 Å². The van der Waals surface area contributed by atoms with E-state index in [1.807, 2.05) is 0 Å². The van der Waals surface area contributed by atoms with E-state index in [1.165, 1.54) is 13.4 Å². The van der Waals surface area contributed by atoms with E-state index in [4.69, 9.17) is 25.5 Å². The highest BCUT2D eigenvalue weighted by molar-refractivity contribution is 6.30. The third-order valence-corrected chi connectivity index (χ3v) is 3.91. The highest BCUT2D eigenvalue weighted by atomic mass is 35.5. The Kier molecular flexibility index (Phi) is 6.18. The number of hydrogen-bond donors (Lipinski definition) is 2. The van der Waals surface area contributed by atoms with E-state index in [0.29, 0.717) is 27.9 Å². The molecule has 0 spiro atoms. The first kappa shape index (κ1) is 19.3. The lowest BCUT2D eigenvalue weighted by molar-refractivity contribution is -0.118. The van der Waals surface area contributed by atoms with Gasteiger partial charge in [-0.3, -0.25) is 9.59 Å². The van der Waals surface area contributed by atoms with Gasteiger partial charge in [-0.2, -0.15) is 0 Å². The van der Waals surface area contributed by atoms with E-state index in [1.54, 1.807) is 54.6 Å². The lowest BCUT2D eigenvalue weighted by Crippen LogP contribution is -2.20. The Bertz CT molecular complexity index is 955. The first-order valence-electron chi connectivity index (χ1n) is 8.26. The van der Waals surface area contributed by atoms with Crippen molar-refractivity contribution in [1.29, 1.82) is 0 Å². The SMILES string of the molecule is COc1ccc(NC(=O)COc2ccc(Cl)cc2)cc1NC(=O)c1ccco1. The molecule has 0 atom stereocenters. The number of nitrogens with one attached hydrogen (secondary N) is 2. The number of carbonyl (C=O) groups excluding carboxylic acids is 2. The fourth-order valence-electron chi connectivity index (χ4n) is 2.35. The van der Waals surface area contributed by atoms with Gasteiger partial charge in [0.05, 0.1) is 19.1 Å². The normalized spacial score (nSPS) is 10.2. The molecule has 0 unspecified atom stereocenters. The van der Waals surface area contributed by atoms with Crippen molar-refractivity contribution in [3.8, 4) is 11.5 Å². The molecule has 0 fully saturated rings. The van der Waals surface area contributed by atoms with Crippen LogP contribution in [0, 0.1) is 0 Å². The minimum Gasteiger partial charge on any atom is -0.495 e. The van der Waals surface area contributed by atoms with Crippen molar-refractivity contribution in [1.82, 2.24) is 0 Å². The quantitative estimate of drug-likeness (QED) is 0.620. The Morgan fingerprint density at radius 2 is 1.86 bits per heavy atom. The van der Waals surface area contributed by atoms with Crippen molar-refractivity contribution in [2.24, 2.45) is 0 Å². The van der Waals surface area contributed by atoms with Gasteiger partial charge < -0.3 is 24.5 Å². The summed E-state index contributed by atoms with van der Waals surface area (Å²) in [6, 6.07) is 14.7. The molecular weight excluding hydrogens is 384 g/mol. The zero-order valence-electron chi connectivity index (χ0n) is 14.9. The third kappa shape index (κ3) is 5.05. The van der Waals surface area contributed by atoms with Gasteiger partial charge in [-0.15, -0.1) is 0 Å². The molecule has 8 heteroatoms. The van der Waals surface area contributed by atoms with E-state index in [-0.39, 0.29) is 18.3 Å². The van der Waals surface area contributed by atoms with Gasteiger partial charge in [-0.1, -0.05) is 11.6 Å². The smallest absolute Gasteiger partial charge is 0.291 e. The number of anilines is 2. The molecule has 7 nitrogen and oxygen atoms in total. The van der Waals surface area contributed by atoms with Crippen molar-refractivity contribution in [2.75, 3.05) is 24.4 Å². The molecule has 1 heterocycles. The predicted octanol–water partition coefficient (Wildman–Crippen LogP) is 4.21. The molecule has 0 saturated carbocycles. The van der Waals surface area contributed by atoms with Gasteiger partial charge in [-0.25, -0.2) is 0 Å². The van der Waals surface area contributed by atoms with Crippen molar-refractivity contribution in [3.05, 3.63) is 71.6 Å². The number of rotatable bonds is 7. The number of amides is 2. The van der Waals surface area contributed by atoms with Crippen LogP contribution in [0.2, 0.25) is 5.02 Å². The largest absolute Gasteiger partial charge is 0.495 e. The molecule has 28 heavy (non-hydrogen) atoms. The highest BCUT2D eigenvalue weighted by Crippen LogP contribution is 2.28. The molecule has 144 valence electrons. The number of hydrogen-bond acceptors (Lipinski definition) is 5. The van der Waals surface area contributed by atoms with Crippen LogP contribution in [0.5, 0.6) is 11.5 Å². The molecule has 0 aliphatic rings. The van der Waals surface area contributed by atoms with Crippen molar-refractivity contribution >= 4 is 34.8 Å². The maximum absolute atomic E-state index is 12.2. The van der Waals surface area contributed by atoms with Crippen LogP contribution >= 0.6 is 11.6 Å². The Morgan fingerprint density at radius 1 is 1.07 bits per heavy atom. The first-order chi connectivity index (χ1) is 13.5. The van der Waals surface area contributed by atoms with Gasteiger partial charge in [0.15, 0.2) is 12.4 Å². The third-order valence-electron chi connectivity index (χ3n) is 3.66. The second-order valence-electron chi connectivity index (χ2n) is 5.64. The van der Waals surface area contributed by atoms with Gasteiger partial charge in [0.1, 0.15) is 11.5 Å². The van der Waals surface area contributed by atoms with Crippen molar-refractivity contribution in [2.45, 2.75) is 0 Å². The Balaban J connectivity index is 1.64. The molecule has 2 aromatic carbocycles. The van der Waals surface area contributed by atoms with Gasteiger partial charge >= 0.3 is 0 Å². The number of carbonyl (C=O) groups is 2. The Morgan fingerprint density at radius 3 is 2.54 bits per heavy atom. The van der Waals surface area contributed by atoms with Crippen LogP contribution < -0.4 is 20.1 Å². The minimum atomic E-state index is -0.433. The summed E-state index contributed by atoms with van der Waals surface area (Å²) < 4.78 is 15.7. The molecule has 0 bridgehead atoms. The van der Waals surface area contributed by atoms with E-state index in [9.17, 15) is 9.59 Å². The molecule has 0 aliphatic carbocycles. The molecular formula is C20H17ClN2O5. The highest BCUT2D eigenvalue weighted by Gasteiger charge is 2.13. The van der Waals surface area contributed by atoms with Crippen LogP contribution in [0.25, 0.3) is 0 Å². The zero-order chi connectivity index (χ0) is 19.9. The monoisotopic (exact) mass is 400 g/mol. The number of benzene rings is 2. The summed E-state index contributed by atoms with van der Waals surface area (Å²) in [5, 5.41) is 5.97. The zero-order valence-corrected chi connectivity index (χ0v) is 15.7. The van der Waals surface area contributed by atoms with Crippen LogP contribution in [0.1, 0.15) is 10.6 Å². The Hall–Kier alpha value is -3.45. The van der Waals surface area contributed by atoms with E-state index in [0.717, 1.165) is 0 Å². The average molecular weight is 401 g/mol. The fraction of sp³-hybridized carbons (Fsp3) is 0.100. The van der Waals surface area contributed by atoms with E-state index >= 15 is 0 Å². The second kappa shape index (κ2) is 8.96. The molecule has 2 N–H and O–H groups in total. The summed E-state index contributed by atoms with van der Waals surface area (Å²) in [7, 11) is 1.48. The summed E-state index contributed by atoms with van der Waals surface area (Å²) in [5.74, 6) is 0.338. The standard InChI is InChI=1S/C20H17ClN2O5/c1-26-17-9-6-14(11-16(17)23-20(25)18-3-2-10-27-18)22-19(24)12-28-15-7-4-13(21)5-8-15/h2-11H,12H2,1H3,(H,22,24)(H,23,25). The summed E-state index contributed by atoms with van der Waals surface area (Å²) in [5.41, 5.74) is 0.862. The van der Waals surface area contributed by atoms with E-state index in [2.05, 4.69) is 10.6 Å². The van der Waals surface area contributed by atoms with E-state index < -0.39 is 5.91 Å².